The normalized spacial score (nSPS) is 12.4. The number of aryl methyl sites for hydroxylation is 1. The molecule has 1 N–H and O–H groups in total. The Kier molecular flexibility index (Phi) is 6.33. The van der Waals surface area contributed by atoms with E-state index in [1.165, 1.54) is 31.2 Å². The van der Waals surface area contributed by atoms with E-state index >= 15 is 0 Å². The van der Waals surface area contributed by atoms with Crippen LogP contribution >= 0.6 is 11.3 Å². The van der Waals surface area contributed by atoms with Crippen LogP contribution in [0.3, 0.4) is 0 Å². The Balaban J connectivity index is 1.89. The Bertz CT molecular complexity index is 826. The zero-order valence-electron chi connectivity index (χ0n) is 13.9. The van der Waals surface area contributed by atoms with Gasteiger partial charge in [0.05, 0.1) is 6.26 Å². The van der Waals surface area contributed by atoms with Crippen LogP contribution in [0, 0.1) is 0 Å². The standard InChI is InChI=1S/C17H19NO5S2/c1-12(23-16(19)8-3-13-9-10-24-11-13)17(20)14-4-6-15(7-5-14)18-25(2,21)22/h4-7,9-12,18H,3,8H2,1-2H3. The molecule has 0 aliphatic rings. The van der Waals surface area contributed by atoms with Gasteiger partial charge < -0.3 is 4.74 Å². The Morgan fingerprint density at radius 2 is 1.88 bits per heavy atom. The second kappa shape index (κ2) is 8.26. The summed E-state index contributed by atoms with van der Waals surface area (Å²) in [7, 11) is -3.37. The van der Waals surface area contributed by atoms with Gasteiger partial charge in [0.1, 0.15) is 0 Å². The van der Waals surface area contributed by atoms with Crippen LogP contribution in [0.1, 0.15) is 29.3 Å². The predicted molar refractivity (Wildman–Crippen MR) is 97.4 cm³/mol. The van der Waals surface area contributed by atoms with E-state index in [2.05, 4.69) is 4.72 Å². The van der Waals surface area contributed by atoms with Crippen molar-refractivity contribution in [2.45, 2.75) is 25.9 Å². The number of nitrogens with one attached hydrogen (secondary N) is 1. The van der Waals surface area contributed by atoms with Crippen LogP contribution in [-0.2, 0) is 26.0 Å². The number of ether oxygens (including phenoxy) is 1. The number of carbonyl (C=O) groups is 2. The molecule has 1 aromatic heterocycles. The molecule has 1 unspecified atom stereocenters. The number of Topliss-reactive ketones (excluding diaryl/α,β-unsaturated/α-hetero) is 1. The Morgan fingerprint density at radius 3 is 2.44 bits per heavy atom. The largest absolute Gasteiger partial charge is 0.454 e. The molecule has 134 valence electrons. The van der Waals surface area contributed by atoms with Gasteiger partial charge in [-0.3, -0.25) is 14.3 Å². The van der Waals surface area contributed by atoms with E-state index in [9.17, 15) is 18.0 Å². The highest BCUT2D eigenvalue weighted by Gasteiger charge is 2.19. The van der Waals surface area contributed by atoms with E-state index in [0.717, 1.165) is 11.8 Å². The molecule has 0 saturated heterocycles. The summed E-state index contributed by atoms with van der Waals surface area (Å²) in [6, 6.07) is 7.90. The van der Waals surface area contributed by atoms with Gasteiger partial charge in [-0.15, -0.1) is 0 Å². The summed E-state index contributed by atoms with van der Waals surface area (Å²) in [4.78, 5) is 24.1. The number of thiophene rings is 1. The molecular formula is C17H19NO5S2. The van der Waals surface area contributed by atoms with Crippen LogP contribution in [0.5, 0.6) is 0 Å². The first-order chi connectivity index (χ1) is 11.7. The molecule has 2 aromatic rings. The van der Waals surface area contributed by atoms with Crippen LogP contribution in [0.2, 0.25) is 0 Å². The molecule has 0 spiro atoms. The topological polar surface area (TPSA) is 89.5 Å². The molecule has 0 saturated carbocycles. The van der Waals surface area contributed by atoms with Gasteiger partial charge in [0.15, 0.2) is 6.10 Å². The fourth-order valence-corrected chi connectivity index (χ4v) is 3.41. The van der Waals surface area contributed by atoms with Crippen molar-refractivity contribution in [1.82, 2.24) is 0 Å². The summed E-state index contributed by atoms with van der Waals surface area (Å²) >= 11 is 1.56. The van der Waals surface area contributed by atoms with Crippen molar-refractivity contribution in [3.8, 4) is 0 Å². The van der Waals surface area contributed by atoms with Gasteiger partial charge in [0, 0.05) is 17.7 Å². The van der Waals surface area contributed by atoms with E-state index in [4.69, 9.17) is 4.74 Å². The number of esters is 1. The first-order valence-corrected chi connectivity index (χ1v) is 10.4. The van der Waals surface area contributed by atoms with Gasteiger partial charge in [-0.05, 0) is 60.0 Å². The number of anilines is 1. The van der Waals surface area contributed by atoms with Crippen LogP contribution in [0.15, 0.2) is 41.1 Å². The van der Waals surface area contributed by atoms with Gasteiger partial charge in [-0.25, -0.2) is 8.42 Å². The van der Waals surface area contributed by atoms with Crippen LogP contribution in [0.4, 0.5) is 5.69 Å². The predicted octanol–water partition coefficient (Wildman–Crippen LogP) is 2.87. The van der Waals surface area contributed by atoms with Crippen molar-refractivity contribution in [3.63, 3.8) is 0 Å². The van der Waals surface area contributed by atoms with E-state index in [0.29, 0.717) is 17.7 Å². The molecular weight excluding hydrogens is 362 g/mol. The van der Waals surface area contributed by atoms with Gasteiger partial charge in [-0.2, -0.15) is 11.3 Å². The van der Waals surface area contributed by atoms with Crippen LogP contribution in [0.25, 0.3) is 0 Å². The van der Waals surface area contributed by atoms with Gasteiger partial charge >= 0.3 is 5.97 Å². The fraction of sp³-hybridized carbons (Fsp3) is 0.294. The maximum Gasteiger partial charge on any atom is 0.306 e. The summed E-state index contributed by atoms with van der Waals surface area (Å²) in [5.74, 6) is -0.766. The molecule has 25 heavy (non-hydrogen) atoms. The number of sulfonamides is 1. The molecule has 0 aliphatic heterocycles. The molecule has 8 heteroatoms. The van der Waals surface area contributed by atoms with Crippen molar-refractivity contribution >= 4 is 38.8 Å². The summed E-state index contributed by atoms with van der Waals surface area (Å²) in [5, 5.41) is 3.91. The highest BCUT2D eigenvalue weighted by Crippen LogP contribution is 2.14. The molecule has 0 fully saturated rings. The third-order valence-electron chi connectivity index (χ3n) is 3.35. The molecule has 1 heterocycles. The lowest BCUT2D eigenvalue weighted by Gasteiger charge is -2.12. The number of hydrogen-bond acceptors (Lipinski definition) is 6. The molecule has 0 radical (unpaired) electrons. The lowest BCUT2D eigenvalue weighted by atomic mass is 10.1. The Hall–Kier alpha value is -2.19. The van der Waals surface area contributed by atoms with Gasteiger partial charge in [-0.1, -0.05) is 0 Å². The second-order valence-corrected chi connectivity index (χ2v) is 8.11. The Labute approximate surface area is 150 Å². The first-order valence-electron chi connectivity index (χ1n) is 7.57. The highest BCUT2D eigenvalue weighted by molar-refractivity contribution is 7.92. The highest BCUT2D eigenvalue weighted by atomic mass is 32.2. The van der Waals surface area contributed by atoms with Crippen molar-refractivity contribution in [2.24, 2.45) is 0 Å². The maximum atomic E-state index is 12.3. The molecule has 1 atom stereocenters. The SMILES string of the molecule is CC(OC(=O)CCc1ccsc1)C(=O)c1ccc(NS(C)(=O)=O)cc1. The summed E-state index contributed by atoms with van der Waals surface area (Å²) in [6.45, 7) is 1.52. The van der Waals surface area contributed by atoms with E-state index in [1.54, 1.807) is 11.3 Å². The average Bonchev–Trinajstić information content (AvgIpc) is 3.05. The molecule has 1 aromatic carbocycles. The van der Waals surface area contributed by atoms with Gasteiger partial charge in [0.2, 0.25) is 15.8 Å². The Morgan fingerprint density at radius 1 is 1.20 bits per heavy atom. The molecule has 0 aliphatic carbocycles. The number of ketones is 1. The first kappa shape index (κ1) is 19.1. The lowest BCUT2D eigenvalue weighted by molar-refractivity contribution is -0.146. The van der Waals surface area contributed by atoms with E-state index in [-0.39, 0.29) is 12.2 Å². The molecule has 6 nitrogen and oxygen atoms in total. The number of carbonyl (C=O) groups excluding carboxylic acids is 2. The fourth-order valence-electron chi connectivity index (χ4n) is 2.14. The summed E-state index contributed by atoms with van der Waals surface area (Å²) in [6.07, 6.45) is 0.938. The van der Waals surface area contributed by atoms with Crippen molar-refractivity contribution in [1.29, 1.82) is 0 Å². The molecule has 0 amide bonds. The van der Waals surface area contributed by atoms with E-state index in [1.807, 2.05) is 16.8 Å². The minimum atomic E-state index is -3.37. The second-order valence-electron chi connectivity index (χ2n) is 5.58. The quantitative estimate of drug-likeness (QED) is 0.561. The smallest absolute Gasteiger partial charge is 0.306 e. The zero-order valence-corrected chi connectivity index (χ0v) is 15.5. The van der Waals surface area contributed by atoms with Crippen molar-refractivity contribution in [3.05, 3.63) is 52.2 Å². The lowest BCUT2D eigenvalue weighted by Crippen LogP contribution is -2.24. The van der Waals surface area contributed by atoms with Gasteiger partial charge in [0.25, 0.3) is 0 Å². The molecule has 0 bridgehead atoms. The third kappa shape index (κ3) is 6.32. The number of rotatable bonds is 8. The maximum absolute atomic E-state index is 12.3. The van der Waals surface area contributed by atoms with Crippen LogP contribution < -0.4 is 4.72 Å². The van der Waals surface area contributed by atoms with Crippen molar-refractivity contribution in [2.75, 3.05) is 11.0 Å². The zero-order chi connectivity index (χ0) is 18.4. The molecule has 2 rings (SSSR count). The van der Waals surface area contributed by atoms with Crippen molar-refractivity contribution < 1.29 is 22.7 Å². The summed E-state index contributed by atoms with van der Waals surface area (Å²) in [5.41, 5.74) is 1.77. The third-order valence-corrected chi connectivity index (χ3v) is 4.69. The van der Waals surface area contributed by atoms with Crippen LogP contribution in [-0.4, -0.2) is 32.5 Å². The van der Waals surface area contributed by atoms with E-state index < -0.39 is 22.1 Å². The number of hydrogen-bond donors (Lipinski definition) is 1. The number of benzene rings is 1. The monoisotopic (exact) mass is 381 g/mol. The minimum absolute atomic E-state index is 0.214. The average molecular weight is 381 g/mol. The summed E-state index contributed by atoms with van der Waals surface area (Å²) < 4.78 is 29.8. The minimum Gasteiger partial charge on any atom is -0.454 e.